The van der Waals surface area contributed by atoms with Crippen molar-refractivity contribution in [2.75, 3.05) is 24.7 Å². The molecule has 0 radical (unpaired) electrons. The third kappa shape index (κ3) is 2.07. The van der Waals surface area contributed by atoms with Gasteiger partial charge in [-0.3, -0.25) is 0 Å². The molecule has 1 heterocycles. The number of anilines is 2. The van der Waals surface area contributed by atoms with Gasteiger partial charge in [0, 0.05) is 12.6 Å². The van der Waals surface area contributed by atoms with Gasteiger partial charge in [-0.05, 0) is 24.8 Å². The Labute approximate surface area is 83.5 Å². The summed E-state index contributed by atoms with van der Waals surface area (Å²) in [5.41, 5.74) is 6.44. The highest BCUT2D eigenvalue weighted by molar-refractivity contribution is 5.61. The Morgan fingerprint density at radius 2 is 2.36 bits per heavy atom. The van der Waals surface area contributed by atoms with Crippen molar-refractivity contribution < 1.29 is 4.74 Å². The third-order valence-electron chi connectivity index (χ3n) is 2.37. The van der Waals surface area contributed by atoms with E-state index in [-0.39, 0.29) is 0 Å². The fraction of sp³-hybridized carbons (Fsp3) is 0.500. The van der Waals surface area contributed by atoms with E-state index in [1.54, 1.807) is 19.2 Å². The van der Waals surface area contributed by atoms with Crippen LogP contribution in [0, 0.1) is 5.92 Å². The highest BCUT2D eigenvalue weighted by Gasteiger charge is 2.21. The van der Waals surface area contributed by atoms with Gasteiger partial charge in [-0.1, -0.05) is 0 Å². The molecule has 1 aromatic heterocycles. The fourth-order valence-electron chi connectivity index (χ4n) is 1.27. The van der Waals surface area contributed by atoms with Crippen LogP contribution in [0.25, 0.3) is 0 Å². The SMILES string of the molecule is COc1ccc(N)c(NCC2CC2)n1. The largest absolute Gasteiger partial charge is 0.481 e. The minimum Gasteiger partial charge on any atom is -0.481 e. The monoisotopic (exact) mass is 193 g/mol. The second kappa shape index (κ2) is 3.74. The molecule has 1 aliphatic carbocycles. The van der Waals surface area contributed by atoms with Gasteiger partial charge in [-0.2, -0.15) is 4.98 Å². The van der Waals surface area contributed by atoms with Crippen molar-refractivity contribution in [2.24, 2.45) is 5.92 Å². The summed E-state index contributed by atoms with van der Waals surface area (Å²) in [5.74, 6) is 2.14. The Balaban J connectivity index is 2.04. The van der Waals surface area contributed by atoms with Crippen LogP contribution >= 0.6 is 0 Å². The molecule has 0 atom stereocenters. The van der Waals surface area contributed by atoms with E-state index in [2.05, 4.69) is 10.3 Å². The molecule has 0 amide bonds. The summed E-state index contributed by atoms with van der Waals surface area (Å²) >= 11 is 0. The zero-order chi connectivity index (χ0) is 9.97. The molecule has 0 aliphatic heterocycles. The summed E-state index contributed by atoms with van der Waals surface area (Å²) in [4.78, 5) is 4.23. The number of hydrogen-bond acceptors (Lipinski definition) is 4. The van der Waals surface area contributed by atoms with Crippen molar-refractivity contribution in [3.05, 3.63) is 12.1 Å². The maximum Gasteiger partial charge on any atom is 0.215 e. The molecule has 1 saturated carbocycles. The number of aromatic nitrogens is 1. The molecule has 14 heavy (non-hydrogen) atoms. The summed E-state index contributed by atoms with van der Waals surface area (Å²) in [6.45, 7) is 0.963. The topological polar surface area (TPSA) is 60.2 Å². The summed E-state index contributed by atoms with van der Waals surface area (Å²) in [7, 11) is 1.60. The average molecular weight is 193 g/mol. The summed E-state index contributed by atoms with van der Waals surface area (Å²) in [6.07, 6.45) is 2.63. The van der Waals surface area contributed by atoms with Crippen molar-refractivity contribution in [3.63, 3.8) is 0 Å². The molecule has 0 spiro atoms. The summed E-state index contributed by atoms with van der Waals surface area (Å²) in [5, 5.41) is 3.23. The molecule has 1 aliphatic rings. The van der Waals surface area contributed by atoms with Gasteiger partial charge < -0.3 is 15.8 Å². The lowest BCUT2D eigenvalue weighted by molar-refractivity contribution is 0.398. The Morgan fingerprint density at radius 1 is 1.57 bits per heavy atom. The standard InChI is InChI=1S/C10H15N3O/c1-14-9-5-4-8(11)10(13-9)12-6-7-2-3-7/h4-5,7H,2-3,6,11H2,1H3,(H,12,13). The molecular weight excluding hydrogens is 178 g/mol. The molecule has 0 bridgehead atoms. The van der Waals surface area contributed by atoms with Gasteiger partial charge in [-0.15, -0.1) is 0 Å². The molecule has 4 nitrogen and oxygen atoms in total. The predicted molar refractivity (Wildman–Crippen MR) is 56.4 cm³/mol. The van der Waals surface area contributed by atoms with Gasteiger partial charge >= 0.3 is 0 Å². The fourth-order valence-corrected chi connectivity index (χ4v) is 1.27. The molecule has 0 unspecified atom stereocenters. The van der Waals surface area contributed by atoms with E-state index < -0.39 is 0 Å². The lowest BCUT2D eigenvalue weighted by Gasteiger charge is -2.08. The van der Waals surface area contributed by atoms with E-state index in [0.29, 0.717) is 11.6 Å². The smallest absolute Gasteiger partial charge is 0.215 e. The molecular formula is C10H15N3O. The number of methoxy groups -OCH3 is 1. The second-order valence-corrected chi connectivity index (χ2v) is 3.62. The van der Waals surface area contributed by atoms with E-state index in [4.69, 9.17) is 10.5 Å². The van der Waals surface area contributed by atoms with Gasteiger partial charge in [0.2, 0.25) is 5.88 Å². The van der Waals surface area contributed by atoms with E-state index in [1.807, 2.05) is 0 Å². The summed E-state index contributed by atoms with van der Waals surface area (Å²) in [6, 6.07) is 3.57. The Bertz CT molecular complexity index is 323. The van der Waals surface area contributed by atoms with Crippen LogP contribution in [0.2, 0.25) is 0 Å². The number of hydrogen-bond donors (Lipinski definition) is 2. The number of nitrogen functional groups attached to an aromatic ring is 1. The van der Waals surface area contributed by atoms with Crippen molar-refractivity contribution >= 4 is 11.5 Å². The van der Waals surface area contributed by atoms with Gasteiger partial charge in [0.1, 0.15) is 0 Å². The molecule has 76 valence electrons. The van der Waals surface area contributed by atoms with E-state index >= 15 is 0 Å². The summed E-state index contributed by atoms with van der Waals surface area (Å²) < 4.78 is 5.03. The van der Waals surface area contributed by atoms with Crippen LogP contribution in [-0.4, -0.2) is 18.6 Å². The van der Waals surface area contributed by atoms with E-state index in [0.717, 1.165) is 18.3 Å². The lowest BCUT2D eigenvalue weighted by Crippen LogP contribution is -2.07. The Hall–Kier alpha value is -1.45. The van der Waals surface area contributed by atoms with Crippen LogP contribution in [0.3, 0.4) is 0 Å². The Morgan fingerprint density at radius 3 is 3.00 bits per heavy atom. The number of pyridine rings is 1. The van der Waals surface area contributed by atoms with Crippen LogP contribution < -0.4 is 15.8 Å². The van der Waals surface area contributed by atoms with Crippen LogP contribution in [0.4, 0.5) is 11.5 Å². The first-order valence-corrected chi connectivity index (χ1v) is 4.84. The third-order valence-corrected chi connectivity index (χ3v) is 2.37. The van der Waals surface area contributed by atoms with Crippen molar-refractivity contribution in [1.82, 2.24) is 4.98 Å². The second-order valence-electron chi connectivity index (χ2n) is 3.62. The first-order valence-electron chi connectivity index (χ1n) is 4.84. The minimum atomic E-state index is 0.595. The maximum absolute atomic E-state index is 5.77. The van der Waals surface area contributed by atoms with E-state index in [9.17, 15) is 0 Å². The molecule has 4 heteroatoms. The number of rotatable bonds is 4. The van der Waals surface area contributed by atoms with Crippen molar-refractivity contribution in [1.29, 1.82) is 0 Å². The van der Waals surface area contributed by atoms with Crippen LogP contribution in [0.5, 0.6) is 5.88 Å². The van der Waals surface area contributed by atoms with Crippen molar-refractivity contribution in [2.45, 2.75) is 12.8 Å². The van der Waals surface area contributed by atoms with E-state index in [1.165, 1.54) is 12.8 Å². The van der Waals surface area contributed by atoms with Crippen LogP contribution in [0.15, 0.2) is 12.1 Å². The number of nitrogens with one attached hydrogen (secondary N) is 1. The molecule has 0 aromatic carbocycles. The van der Waals surface area contributed by atoms with Gasteiger partial charge in [0.05, 0.1) is 12.8 Å². The van der Waals surface area contributed by atoms with Gasteiger partial charge in [0.15, 0.2) is 5.82 Å². The van der Waals surface area contributed by atoms with Crippen molar-refractivity contribution in [3.8, 4) is 5.88 Å². The first-order chi connectivity index (χ1) is 6.79. The molecule has 0 saturated heterocycles. The number of ether oxygens (including phenoxy) is 1. The first kappa shape index (κ1) is 9.12. The van der Waals surface area contributed by atoms with Gasteiger partial charge in [-0.25, -0.2) is 0 Å². The van der Waals surface area contributed by atoms with Crippen LogP contribution in [0.1, 0.15) is 12.8 Å². The molecule has 1 fully saturated rings. The predicted octanol–water partition coefficient (Wildman–Crippen LogP) is 1.49. The zero-order valence-electron chi connectivity index (χ0n) is 8.29. The normalized spacial score (nSPS) is 15.2. The number of nitrogens with two attached hydrogens (primary N) is 1. The average Bonchev–Trinajstić information content (AvgIpc) is 3.00. The minimum absolute atomic E-state index is 0.595. The quantitative estimate of drug-likeness (QED) is 0.760. The Kier molecular flexibility index (Phi) is 2.43. The highest BCUT2D eigenvalue weighted by Crippen LogP contribution is 2.29. The van der Waals surface area contributed by atoms with Gasteiger partial charge in [0.25, 0.3) is 0 Å². The van der Waals surface area contributed by atoms with Crippen LogP contribution in [-0.2, 0) is 0 Å². The highest BCUT2D eigenvalue weighted by atomic mass is 16.5. The number of nitrogens with zero attached hydrogens (tertiary/aromatic N) is 1. The maximum atomic E-state index is 5.77. The zero-order valence-corrected chi connectivity index (χ0v) is 8.29. The molecule has 1 aromatic rings. The molecule has 2 rings (SSSR count). The molecule has 3 N–H and O–H groups in total. The lowest BCUT2D eigenvalue weighted by atomic mass is 10.3.